The van der Waals surface area contributed by atoms with Crippen LogP contribution in [0.1, 0.15) is 46.2 Å². The molecule has 6 heteroatoms. The minimum atomic E-state index is -0.704. The van der Waals surface area contributed by atoms with Crippen molar-refractivity contribution in [3.63, 3.8) is 0 Å². The largest absolute Gasteiger partial charge is 0.493 e. The fourth-order valence-electron chi connectivity index (χ4n) is 2.88. The van der Waals surface area contributed by atoms with E-state index in [9.17, 15) is 9.59 Å². The molecule has 0 atom stereocenters. The van der Waals surface area contributed by atoms with Crippen LogP contribution in [0.15, 0.2) is 60.8 Å². The van der Waals surface area contributed by atoms with Crippen molar-refractivity contribution >= 4 is 11.8 Å². The van der Waals surface area contributed by atoms with E-state index in [2.05, 4.69) is 12.0 Å². The topological polar surface area (TPSA) is 70.4 Å². The quantitative estimate of drug-likeness (QED) is 0.402. The first-order valence-electron chi connectivity index (χ1n) is 9.60. The lowest BCUT2D eigenvalue weighted by molar-refractivity contribution is 0.0465. The molecule has 0 radical (unpaired) electrons. The summed E-state index contributed by atoms with van der Waals surface area (Å²) in [5, 5.41) is 4.25. The number of rotatable bonds is 9. The predicted octanol–water partition coefficient (Wildman–Crippen LogP) is 4.26. The zero-order valence-electron chi connectivity index (χ0n) is 16.6. The van der Waals surface area contributed by atoms with Crippen molar-refractivity contribution in [1.29, 1.82) is 0 Å². The average molecular weight is 392 g/mol. The summed E-state index contributed by atoms with van der Waals surface area (Å²) < 4.78 is 12.0. The second-order valence-corrected chi connectivity index (χ2v) is 6.63. The molecule has 0 aliphatic carbocycles. The molecule has 3 aromatic rings. The molecule has 0 bridgehead atoms. The van der Waals surface area contributed by atoms with E-state index >= 15 is 0 Å². The maximum Gasteiger partial charge on any atom is 0.363 e. The summed E-state index contributed by atoms with van der Waals surface area (Å²) in [4.78, 5) is 24.8. The number of ether oxygens (including phenoxy) is 2. The zero-order chi connectivity index (χ0) is 20.6. The molecule has 0 saturated heterocycles. The summed E-state index contributed by atoms with van der Waals surface area (Å²) in [6.07, 6.45) is 4.83. The Kier molecular flexibility index (Phi) is 6.79. The number of aryl methyl sites for hydroxylation is 1. The first-order chi connectivity index (χ1) is 14.1. The van der Waals surface area contributed by atoms with Crippen molar-refractivity contribution in [3.8, 4) is 11.4 Å². The number of nitrogens with zero attached hydrogens (tertiary/aromatic N) is 2. The van der Waals surface area contributed by atoms with Crippen LogP contribution in [0.25, 0.3) is 5.69 Å². The number of hydrogen-bond acceptors (Lipinski definition) is 5. The van der Waals surface area contributed by atoms with E-state index in [0.29, 0.717) is 5.56 Å². The van der Waals surface area contributed by atoms with E-state index in [1.54, 1.807) is 18.3 Å². The highest BCUT2D eigenvalue weighted by Crippen LogP contribution is 2.20. The number of hydrogen-bond donors (Lipinski definition) is 0. The molecule has 29 heavy (non-hydrogen) atoms. The third-order valence-corrected chi connectivity index (χ3v) is 4.54. The van der Waals surface area contributed by atoms with E-state index in [1.807, 2.05) is 42.5 Å². The first kappa shape index (κ1) is 20.3. The number of unbranched alkanes of at least 4 members (excludes halogenated alkanes) is 1. The van der Waals surface area contributed by atoms with Crippen LogP contribution in [0.2, 0.25) is 0 Å². The summed E-state index contributed by atoms with van der Waals surface area (Å²) in [5.41, 5.74) is 2.51. The standard InChI is InChI=1S/C23H24N2O4/c1-3-4-8-17-11-13-18(14-12-17)20(26)16-29-23(27)22-21(28-2)15-25(24-22)19-9-6-5-7-10-19/h5-7,9-15H,3-4,8,16H2,1-2H3. The Morgan fingerprint density at radius 3 is 2.41 bits per heavy atom. The number of aromatic nitrogens is 2. The Morgan fingerprint density at radius 2 is 1.76 bits per heavy atom. The van der Waals surface area contributed by atoms with E-state index in [4.69, 9.17) is 9.47 Å². The van der Waals surface area contributed by atoms with Crippen LogP contribution in [-0.2, 0) is 11.2 Å². The van der Waals surface area contributed by atoms with Gasteiger partial charge < -0.3 is 9.47 Å². The average Bonchev–Trinajstić information content (AvgIpc) is 3.21. The number of ketones is 1. The highest BCUT2D eigenvalue weighted by molar-refractivity contribution is 5.99. The van der Waals surface area contributed by atoms with Gasteiger partial charge in [-0.25, -0.2) is 9.48 Å². The zero-order valence-corrected chi connectivity index (χ0v) is 16.6. The van der Waals surface area contributed by atoms with Gasteiger partial charge in [-0.15, -0.1) is 0 Å². The molecule has 0 spiro atoms. The number of Topliss-reactive ketones (excluding diaryl/α,β-unsaturated/α-hetero) is 1. The molecule has 0 amide bonds. The molecule has 0 unspecified atom stereocenters. The molecule has 0 aliphatic heterocycles. The normalized spacial score (nSPS) is 10.6. The lowest BCUT2D eigenvalue weighted by Crippen LogP contribution is -2.15. The maximum absolute atomic E-state index is 12.4. The number of carbonyl (C=O) groups is 2. The van der Waals surface area contributed by atoms with Gasteiger partial charge in [0.15, 0.2) is 18.1 Å². The van der Waals surface area contributed by atoms with Gasteiger partial charge in [0, 0.05) is 5.56 Å². The van der Waals surface area contributed by atoms with E-state index < -0.39 is 5.97 Å². The Labute approximate surface area is 170 Å². The van der Waals surface area contributed by atoms with Gasteiger partial charge in [0.25, 0.3) is 0 Å². The van der Waals surface area contributed by atoms with Crippen molar-refractivity contribution in [3.05, 3.63) is 77.6 Å². The first-order valence-corrected chi connectivity index (χ1v) is 9.60. The van der Waals surface area contributed by atoms with Gasteiger partial charge in [-0.2, -0.15) is 5.10 Å². The minimum Gasteiger partial charge on any atom is -0.493 e. The predicted molar refractivity (Wildman–Crippen MR) is 110 cm³/mol. The van der Waals surface area contributed by atoms with E-state index in [0.717, 1.165) is 24.9 Å². The Hall–Kier alpha value is -3.41. The highest BCUT2D eigenvalue weighted by Gasteiger charge is 2.21. The maximum atomic E-state index is 12.4. The fourth-order valence-corrected chi connectivity index (χ4v) is 2.88. The Bertz CT molecular complexity index is 962. The number of para-hydroxylation sites is 1. The van der Waals surface area contributed by atoms with Crippen molar-refractivity contribution < 1.29 is 19.1 Å². The smallest absolute Gasteiger partial charge is 0.363 e. The Balaban J connectivity index is 1.64. The second kappa shape index (κ2) is 9.68. The number of carbonyl (C=O) groups excluding carboxylic acids is 2. The molecule has 1 aromatic heterocycles. The molecule has 3 rings (SSSR count). The molecule has 150 valence electrons. The SMILES string of the molecule is CCCCc1ccc(C(=O)COC(=O)c2nn(-c3ccccc3)cc2OC)cc1. The summed E-state index contributed by atoms with van der Waals surface area (Å²) in [6.45, 7) is 1.79. The summed E-state index contributed by atoms with van der Waals surface area (Å²) in [6, 6.07) is 16.8. The third-order valence-electron chi connectivity index (χ3n) is 4.54. The summed E-state index contributed by atoms with van der Waals surface area (Å²) >= 11 is 0. The monoisotopic (exact) mass is 392 g/mol. The molecule has 0 aliphatic rings. The molecule has 0 N–H and O–H groups in total. The molecule has 0 saturated carbocycles. The van der Waals surface area contributed by atoms with Crippen molar-refractivity contribution in [2.24, 2.45) is 0 Å². The lowest BCUT2D eigenvalue weighted by atomic mass is 10.0. The Morgan fingerprint density at radius 1 is 1.03 bits per heavy atom. The number of methoxy groups -OCH3 is 1. The van der Waals surface area contributed by atoms with Crippen LogP contribution in [0.4, 0.5) is 0 Å². The van der Waals surface area contributed by atoms with Crippen LogP contribution in [0, 0.1) is 0 Å². The van der Waals surface area contributed by atoms with E-state index in [1.165, 1.54) is 17.4 Å². The molecule has 6 nitrogen and oxygen atoms in total. The summed E-state index contributed by atoms with van der Waals surface area (Å²) in [7, 11) is 1.45. The second-order valence-electron chi connectivity index (χ2n) is 6.63. The van der Waals surface area contributed by atoms with Crippen LogP contribution in [0.3, 0.4) is 0 Å². The lowest BCUT2D eigenvalue weighted by Gasteiger charge is -2.05. The molecular formula is C23H24N2O4. The molecular weight excluding hydrogens is 368 g/mol. The van der Waals surface area contributed by atoms with Gasteiger partial charge >= 0.3 is 5.97 Å². The molecule has 1 heterocycles. The van der Waals surface area contributed by atoms with Gasteiger partial charge in [0.1, 0.15) is 0 Å². The summed E-state index contributed by atoms with van der Waals surface area (Å²) in [5.74, 6) is -0.683. The van der Waals surface area contributed by atoms with Crippen molar-refractivity contribution in [2.75, 3.05) is 13.7 Å². The fraction of sp³-hybridized carbons (Fsp3) is 0.261. The molecule has 0 fully saturated rings. The van der Waals surface area contributed by atoms with Crippen molar-refractivity contribution in [2.45, 2.75) is 26.2 Å². The van der Waals surface area contributed by atoms with Gasteiger partial charge in [0.2, 0.25) is 5.69 Å². The third kappa shape index (κ3) is 5.10. The van der Waals surface area contributed by atoms with E-state index in [-0.39, 0.29) is 23.8 Å². The van der Waals surface area contributed by atoms with Crippen LogP contribution in [-0.4, -0.2) is 35.2 Å². The van der Waals surface area contributed by atoms with Crippen molar-refractivity contribution in [1.82, 2.24) is 9.78 Å². The molecule has 2 aromatic carbocycles. The highest BCUT2D eigenvalue weighted by atomic mass is 16.5. The van der Waals surface area contributed by atoms with Gasteiger partial charge in [-0.05, 0) is 30.5 Å². The van der Waals surface area contributed by atoms with Gasteiger partial charge in [-0.3, -0.25) is 4.79 Å². The number of benzene rings is 2. The van der Waals surface area contributed by atoms with Crippen LogP contribution in [0.5, 0.6) is 5.75 Å². The van der Waals surface area contributed by atoms with Crippen LogP contribution < -0.4 is 4.74 Å². The van der Waals surface area contributed by atoms with Crippen LogP contribution >= 0.6 is 0 Å². The van der Waals surface area contributed by atoms with Gasteiger partial charge in [0.05, 0.1) is 19.0 Å². The number of esters is 1. The van der Waals surface area contributed by atoms with Gasteiger partial charge in [-0.1, -0.05) is 55.8 Å². The minimum absolute atomic E-state index is 0.0269.